The number of carbonyl (C=O) groups is 4. The maximum atomic E-state index is 11.5. The summed E-state index contributed by atoms with van der Waals surface area (Å²) < 4.78 is 9.23. The molecule has 126 valence electrons. The average Bonchev–Trinajstić information content (AvgIpc) is 2.46. The second-order valence-corrected chi connectivity index (χ2v) is 4.84. The monoisotopic (exact) mass is 316 g/mol. The average molecular weight is 316 g/mol. The Hall–Kier alpha value is -2.12. The van der Waals surface area contributed by atoms with Gasteiger partial charge in [0.05, 0.1) is 14.2 Å². The van der Waals surface area contributed by atoms with Crippen molar-refractivity contribution in [2.24, 2.45) is 0 Å². The van der Waals surface area contributed by atoms with Gasteiger partial charge < -0.3 is 20.1 Å². The molecule has 2 amide bonds. The van der Waals surface area contributed by atoms with Gasteiger partial charge in [-0.05, 0) is 12.8 Å². The molecular weight excluding hydrogens is 292 g/mol. The van der Waals surface area contributed by atoms with E-state index in [9.17, 15) is 19.2 Å². The molecule has 0 aliphatic carbocycles. The van der Waals surface area contributed by atoms with Gasteiger partial charge in [0, 0.05) is 13.8 Å². The molecule has 8 nitrogen and oxygen atoms in total. The van der Waals surface area contributed by atoms with E-state index in [-0.39, 0.29) is 11.8 Å². The number of ether oxygens (including phenoxy) is 2. The summed E-state index contributed by atoms with van der Waals surface area (Å²) in [5.41, 5.74) is 0. The third-order valence-corrected chi connectivity index (χ3v) is 2.96. The summed E-state index contributed by atoms with van der Waals surface area (Å²) in [5, 5.41) is 5.02. The van der Waals surface area contributed by atoms with Crippen molar-refractivity contribution in [3.8, 4) is 0 Å². The lowest BCUT2D eigenvalue weighted by atomic mass is 10.0. The number of hydrogen-bond acceptors (Lipinski definition) is 6. The van der Waals surface area contributed by atoms with Crippen LogP contribution in [-0.2, 0) is 28.7 Å². The van der Waals surface area contributed by atoms with Gasteiger partial charge in [0.25, 0.3) is 0 Å². The van der Waals surface area contributed by atoms with Crippen LogP contribution in [0.5, 0.6) is 0 Å². The molecule has 0 unspecified atom stereocenters. The Balaban J connectivity index is 4.33. The fourth-order valence-electron chi connectivity index (χ4n) is 1.97. The van der Waals surface area contributed by atoms with Crippen LogP contribution in [0.2, 0.25) is 0 Å². The van der Waals surface area contributed by atoms with Crippen LogP contribution in [0.4, 0.5) is 0 Å². The molecule has 0 spiro atoms. The van der Waals surface area contributed by atoms with Gasteiger partial charge in [0.1, 0.15) is 12.1 Å². The van der Waals surface area contributed by atoms with Crippen molar-refractivity contribution in [2.75, 3.05) is 14.2 Å². The van der Waals surface area contributed by atoms with Crippen molar-refractivity contribution < 1.29 is 28.7 Å². The molecule has 0 rings (SSSR count). The largest absolute Gasteiger partial charge is 0.467 e. The molecule has 2 N–H and O–H groups in total. The number of rotatable bonds is 9. The van der Waals surface area contributed by atoms with Crippen LogP contribution in [0.1, 0.15) is 39.5 Å². The zero-order valence-electron chi connectivity index (χ0n) is 13.4. The Labute approximate surface area is 129 Å². The molecule has 0 fully saturated rings. The summed E-state index contributed by atoms with van der Waals surface area (Å²) in [6, 6.07) is -1.42. The number of nitrogens with one attached hydrogen (secondary N) is 2. The number of carbonyl (C=O) groups excluding carboxylic acids is 4. The normalized spacial score (nSPS) is 12.7. The Morgan fingerprint density at radius 1 is 0.773 bits per heavy atom. The first-order valence-electron chi connectivity index (χ1n) is 7.01. The Morgan fingerprint density at radius 3 is 1.32 bits per heavy atom. The molecular formula is C14H24N2O6. The van der Waals surface area contributed by atoms with Crippen LogP contribution >= 0.6 is 0 Å². The third-order valence-electron chi connectivity index (χ3n) is 2.96. The van der Waals surface area contributed by atoms with Gasteiger partial charge in [0.2, 0.25) is 11.8 Å². The molecule has 0 aromatic carbocycles. The summed E-state index contributed by atoms with van der Waals surface area (Å²) in [7, 11) is 2.50. The quantitative estimate of drug-likeness (QED) is 0.454. The van der Waals surface area contributed by atoms with Crippen LogP contribution in [-0.4, -0.2) is 50.1 Å². The Morgan fingerprint density at radius 2 is 1.09 bits per heavy atom. The summed E-state index contributed by atoms with van der Waals surface area (Å²) >= 11 is 0. The van der Waals surface area contributed by atoms with Crippen molar-refractivity contribution in [1.29, 1.82) is 0 Å². The van der Waals surface area contributed by atoms with Gasteiger partial charge in [-0.3, -0.25) is 9.59 Å². The van der Waals surface area contributed by atoms with Crippen molar-refractivity contribution >= 4 is 23.8 Å². The molecule has 0 saturated carbocycles. The molecule has 0 saturated heterocycles. The van der Waals surface area contributed by atoms with E-state index < -0.39 is 24.0 Å². The lowest BCUT2D eigenvalue weighted by Gasteiger charge is -2.17. The van der Waals surface area contributed by atoms with E-state index in [0.717, 1.165) is 0 Å². The van der Waals surface area contributed by atoms with Gasteiger partial charge >= 0.3 is 11.9 Å². The molecule has 0 radical (unpaired) electrons. The number of hydrogen-bond donors (Lipinski definition) is 2. The molecule has 0 aliphatic rings. The molecule has 0 heterocycles. The first kappa shape index (κ1) is 19.9. The van der Waals surface area contributed by atoms with Crippen LogP contribution in [0.15, 0.2) is 0 Å². The summed E-state index contributed by atoms with van der Waals surface area (Å²) in [6.07, 6.45) is 1.93. The van der Waals surface area contributed by atoms with E-state index in [0.29, 0.717) is 25.7 Å². The molecule has 2 atom stereocenters. The number of esters is 2. The van der Waals surface area contributed by atoms with E-state index >= 15 is 0 Å². The molecule has 22 heavy (non-hydrogen) atoms. The molecule has 0 aromatic heterocycles. The molecule has 8 heteroatoms. The van der Waals surface area contributed by atoms with Crippen LogP contribution in [0.25, 0.3) is 0 Å². The maximum Gasteiger partial charge on any atom is 0.328 e. The van der Waals surface area contributed by atoms with Gasteiger partial charge in [-0.1, -0.05) is 12.8 Å². The fraction of sp³-hybridized carbons (Fsp3) is 0.714. The topological polar surface area (TPSA) is 111 Å². The second-order valence-electron chi connectivity index (χ2n) is 4.84. The van der Waals surface area contributed by atoms with Crippen LogP contribution < -0.4 is 10.6 Å². The fourth-order valence-corrected chi connectivity index (χ4v) is 1.97. The van der Waals surface area contributed by atoms with E-state index in [1.165, 1.54) is 28.1 Å². The summed E-state index contributed by atoms with van der Waals surface area (Å²) in [6.45, 7) is 2.64. The first-order chi connectivity index (χ1) is 10.3. The zero-order chi connectivity index (χ0) is 17.1. The smallest absolute Gasteiger partial charge is 0.328 e. The number of methoxy groups -OCH3 is 2. The van der Waals surface area contributed by atoms with Gasteiger partial charge in [0.15, 0.2) is 0 Å². The summed E-state index contributed by atoms with van der Waals surface area (Å²) in [5.74, 6) is -1.66. The lowest BCUT2D eigenvalue weighted by Crippen LogP contribution is -2.41. The molecule has 0 aromatic rings. The predicted octanol–water partition coefficient (Wildman–Crippen LogP) is -0.0978. The van der Waals surface area contributed by atoms with Crippen molar-refractivity contribution in [1.82, 2.24) is 10.6 Å². The minimum atomic E-state index is -0.708. The second kappa shape index (κ2) is 10.6. The van der Waals surface area contributed by atoms with Crippen molar-refractivity contribution in [2.45, 2.75) is 51.6 Å². The molecule has 0 aliphatic heterocycles. The number of unbranched alkanes of at least 4 members (excludes halogenated alkanes) is 1. The summed E-state index contributed by atoms with van der Waals surface area (Å²) in [4.78, 5) is 45.1. The SMILES string of the molecule is COC(=O)[C@H](CCCC[C@H](NC(C)=O)C(=O)OC)NC(C)=O. The van der Waals surface area contributed by atoms with Crippen molar-refractivity contribution in [3.05, 3.63) is 0 Å². The highest BCUT2D eigenvalue weighted by Gasteiger charge is 2.22. The third kappa shape index (κ3) is 8.23. The van der Waals surface area contributed by atoms with Gasteiger partial charge in [-0.25, -0.2) is 9.59 Å². The number of amides is 2. The lowest BCUT2D eigenvalue weighted by molar-refractivity contribution is -0.145. The van der Waals surface area contributed by atoms with E-state index in [1.807, 2.05) is 0 Å². The predicted molar refractivity (Wildman–Crippen MR) is 77.7 cm³/mol. The standard InChI is InChI=1S/C14H24N2O6/c1-9(17)15-11(13(19)21-3)7-5-6-8-12(14(20)22-4)16-10(2)18/h11-12H,5-8H2,1-4H3,(H,15,17)(H,16,18)/t11-,12-/m0/s1. The zero-order valence-corrected chi connectivity index (χ0v) is 13.4. The van der Waals surface area contributed by atoms with Gasteiger partial charge in [-0.2, -0.15) is 0 Å². The Bertz CT molecular complexity index is 372. The van der Waals surface area contributed by atoms with E-state index in [4.69, 9.17) is 0 Å². The molecule has 0 bridgehead atoms. The van der Waals surface area contributed by atoms with Crippen LogP contribution in [0.3, 0.4) is 0 Å². The minimum Gasteiger partial charge on any atom is -0.467 e. The highest BCUT2D eigenvalue weighted by molar-refractivity contribution is 5.83. The van der Waals surface area contributed by atoms with E-state index in [1.54, 1.807) is 0 Å². The van der Waals surface area contributed by atoms with E-state index in [2.05, 4.69) is 20.1 Å². The maximum absolute atomic E-state index is 11.5. The minimum absolute atomic E-state index is 0.318. The highest BCUT2D eigenvalue weighted by atomic mass is 16.5. The van der Waals surface area contributed by atoms with Crippen LogP contribution in [0, 0.1) is 0 Å². The Kier molecular flexibility index (Phi) is 9.56. The highest BCUT2D eigenvalue weighted by Crippen LogP contribution is 2.09. The van der Waals surface area contributed by atoms with Gasteiger partial charge in [-0.15, -0.1) is 0 Å². The first-order valence-corrected chi connectivity index (χ1v) is 7.01. The van der Waals surface area contributed by atoms with Crippen molar-refractivity contribution in [3.63, 3.8) is 0 Å².